The standard InChI is InChI=1S/C20H30ClN3O3S/c1-16-7-2-3-11-23(16)12-6-10-22-20(25)18-15-17(8-9-19(18)21)28(26,27)24-13-4-5-14-24/h8-9,15-16H,2-7,10-14H2,1H3,(H,22,25)/p+1/t16-/m0/s1. The van der Waals surface area contributed by atoms with Crippen molar-refractivity contribution in [3.05, 3.63) is 28.8 Å². The number of quaternary nitrogens is 1. The van der Waals surface area contributed by atoms with E-state index in [-0.39, 0.29) is 21.4 Å². The third kappa shape index (κ3) is 5.06. The lowest BCUT2D eigenvalue weighted by atomic mass is 10.0. The molecule has 28 heavy (non-hydrogen) atoms. The number of hydrogen-bond donors (Lipinski definition) is 2. The molecule has 2 N–H and O–H groups in total. The molecule has 6 nitrogen and oxygen atoms in total. The molecule has 2 fully saturated rings. The Kier molecular flexibility index (Phi) is 7.36. The maximum atomic E-state index is 12.7. The molecule has 0 saturated carbocycles. The highest BCUT2D eigenvalue weighted by atomic mass is 35.5. The van der Waals surface area contributed by atoms with Crippen LogP contribution in [0.3, 0.4) is 0 Å². The second-order valence-electron chi connectivity index (χ2n) is 7.92. The van der Waals surface area contributed by atoms with Crippen LogP contribution in [0.1, 0.15) is 55.8 Å². The van der Waals surface area contributed by atoms with Gasteiger partial charge in [-0.3, -0.25) is 4.79 Å². The molecule has 2 heterocycles. The fraction of sp³-hybridized carbons (Fsp3) is 0.650. The van der Waals surface area contributed by atoms with Crippen molar-refractivity contribution in [3.63, 3.8) is 0 Å². The van der Waals surface area contributed by atoms with Crippen LogP contribution in [0.25, 0.3) is 0 Å². The van der Waals surface area contributed by atoms with Crippen LogP contribution in [0.4, 0.5) is 0 Å². The molecule has 2 atom stereocenters. The number of nitrogens with zero attached hydrogens (tertiary/aromatic N) is 1. The summed E-state index contributed by atoms with van der Waals surface area (Å²) in [5.41, 5.74) is 0.223. The van der Waals surface area contributed by atoms with Crippen LogP contribution in [0.15, 0.2) is 23.1 Å². The summed E-state index contributed by atoms with van der Waals surface area (Å²) < 4.78 is 26.9. The van der Waals surface area contributed by atoms with Gasteiger partial charge in [-0.05, 0) is 57.2 Å². The number of sulfonamides is 1. The van der Waals surface area contributed by atoms with Crippen LogP contribution in [0.5, 0.6) is 0 Å². The molecule has 1 unspecified atom stereocenters. The first kappa shape index (κ1) is 21.6. The molecular formula is C20H31ClN3O3S+. The molecule has 0 radical (unpaired) electrons. The van der Waals surface area contributed by atoms with Crippen molar-refractivity contribution >= 4 is 27.5 Å². The van der Waals surface area contributed by atoms with Gasteiger partial charge in [-0.1, -0.05) is 11.6 Å². The summed E-state index contributed by atoms with van der Waals surface area (Å²) in [4.78, 5) is 14.3. The zero-order valence-electron chi connectivity index (χ0n) is 16.5. The molecule has 2 aliphatic heterocycles. The van der Waals surface area contributed by atoms with Gasteiger partial charge < -0.3 is 10.2 Å². The Morgan fingerprint density at radius 3 is 2.71 bits per heavy atom. The van der Waals surface area contributed by atoms with Gasteiger partial charge in [0.25, 0.3) is 5.91 Å². The number of likely N-dealkylation sites (tertiary alicyclic amines) is 1. The molecule has 156 valence electrons. The summed E-state index contributed by atoms with van der Waals surface area (Å²) in [6, 6.07) is 5.07. The Labute approximate surface area is 173 Å². The number of piperidine rings is 1. The van der Waals surface area contributed by atoms with E-state index >= 15 is 0 Å². The highest BCUT2D eigenvalue weighted by Gasteiger charge is 2.28. The Hall–Kier alpha value is -1.15. The lowest BCUT2D eigenvalue weighted by Crippen LogP contribution is -3.16. The number of benzene rings is 1. The van der Waals surface area contributed by atoms with Crippen LogP contribution < -0.4 is 10.2 Å². The third-order valence-electron chi connectivity index (χ3n) is 5.93. The topological polar surface area (TPSA) is 70.9 Å². The van der Waals surface area contributed by atoms with Gasteiger partial charge in [-0.25, -0.2) is 8.42 Å². The van der Waals surface area contributed by atoms with Gasteiger partial charge in [-0.2, -0.15) is 4.31 Å². The van der Waals surface area contributed by atoms with Crippen LogP contribution >= 0.6 is 11.6 Å². The number of carbonyl (C=O) groups excluding carboxylic acids is 1. The van der Waals surface area contributed by atoms with Gasteiger partial charge in [-0.15, -0.1) is 0 Å². The number of hydrogen-bond acceptors (Lipinski definition) is 3. The lowest BCUT2D eigenvalue weighted by Gasteiger charge is -2.30. The second-order valence-corrected chi connectivity index (χ2v) is 10.3. The van der Waals surface area contributed by atoms with E-state index in [0.29, 0.717) is 25.7 Å². The molecule has 2 saturated heterocycles. The third-order valence-corrected chi connectivity index (χ3v) is 8.15. The fourth-order valence-corrected chi connectivity index (χ4v) is 5.90. The number of halogens is 1. The highest BCUT2D eigenvalue weighted by molar-refractivity contribution is 7.89. The largest absolute Gasteiger partial charge is 0.352 e. The molecule has 1 aromatic rings. The minimum atomic E-state index is -3.57. The summed E-state index contributed by atoms with van der Waals surface area (Å²) in [5.74, 6) is -0.315. The average molecular weight is 429 g/mol. The maximum absolute atomic E-state index is 12.7. The number of rotatable bonds is 7. The van der Waals surface area contributed by atoms with Crippen molar-refractivity contribution in [1.29, 1.82) is 0 Å². The van der Waals surface area contributed by atoms with Gasteiger partial charge in [0.15, 0.2) is 0 Å². The molecule has 0 spiro atoms. The normalized spacial score (nSPS) is 23.6. The predicted molar refractivity (Wildman–Crippen MR) is 110 cm³/mol. The summed E-state index contributed by atoms with van der Waals surface area (Å²) >= 11 is 6.18. The van der Waals surface area contributed by atoms with Crippen molar-refractivity contribution in [2.24, 2.45) is 0 Å². The molecule has 2 aliphatic rings. The van der Waals surface area contributed by atoms with E-state index in [2.05, 4.69) is 12.2 Å². The number of carbonyl (C=O) groups is 1. The maximum Gasteiger partial charge on any atom is 0.252 e. The molecular weight excluding hydrogens is 398 g/mol. The second kappa shape index (κ2) is 9.57. The van der Waals surface area contributed by atoms with E-state index in [1.54, 1.807) is 4.90 Å². The van der Waals surface area contributed by atoms with E-state index in [9.17, 15) is 13.2 Å². The summed E-state index contributed by atoms with van der Waals surface area (Å²) in [6.07, 6.45) is 6.51. The highest BCUT2D eigenvalue weighted by Crippen LogP contribution is 2.25. The van der Waals surface area contributed by atoms with Crippen LogP contribution in [-0.4, -0.2) is 57.4 Å². The first-order valence-corrected chi connectivity index (χ1v) is 12.1. The van der Waals surface area contributed by atoms with Crippen molar-refractivity contribution in [3.8, 4) is 0 Å². The smallest absolute Gasteiger partial charge is 0.252 e. The average Bonchev–Trinajstić information content (AvgIpc) is 3.22. The number of amides is 1. The zero-order chi connectivity index (χ0) is 20.1. The molecule has 0 aromatic heterocycles. The fourth-order valence-electron chi connectivity index (χ4n) is 4.15. The molecule has 3 rings (SSSR count). The Morgan fingerprint density at radius 2 is 2.00 bits per heavy atom. The van der Waals surface area contributed by atoms with Gasteiger partial charge in [0.05, 0.1) is 34.6 Å². The monoisotopic (exact) mass is 428 g/mol. The van der Waals surface area contributed by atoms with Crippen LogP contribution in [-0.2, 0) is 10.0 Å². The minimum absolute atomic E-state index is 0.135. The van der Waals surface area contributed by atoms with Crippen molar-refractivity contribution in [2.45, 2.75) is 56.4 Å². The summed E-state index contributed by atoms with van der Waals surface area (Å²) in [6.45, 7) is 6.16. The van der Waals surface area contributed by atoms with Gasteiger partial charge >= 0.3 is 0 Å². The Morgan fingerprint density at radius 1 is 1.25 bits per heavy atom. The molecule has 0 aliphatic carbocycles. The van der Waals surface area contributed by atoms with E-state index in [1.165, 1.54) is 48.3 Å². The van der Waals surface area contributed by atoms with Crippen molar-refractivity contribution in [2.75, 3.05) is 32.7 Å². The van der Waals surface area contributed by atoms with Gasteiger partial charge in [0, 0.05) is 26.1 Å². The van der Waals surface area contributed by atoms with E-state index < -0.39 is 10.0 Å². The van der Waals surface area contributed by atoms with E-state index in [1.807, 2.05) is 0 Å². The molecule has 0 bridgehead atoms. The Balaban J connectivity index is 1.58. The quantitative estimate of drug-likeness (QED) is 0.649. The minimum Gasteiger partial charge on any atom is -0.352 e. The summed E-state index contributed by atoms with van der Waals surface area (Å²) in [7, 11) is -3.57. The molecule has 1 aromatic carbocycles. The van der Waals surface area contributed by atoms with E-state index in [4.69, 9.17) is 11.6 Å². The first-order valence-electron chi connectivity index (χ1n) is 10.3. The molecule has 1 amide bonds. The lowest BCUT2D eigenvalue weighted by molar-refractivity contribution is -0.928. The van der Waals surface area contributed by atoms with Crippen LogP contribution in [0.2, 0.25) is 5.02 Å². The zero-order valence-corrected chi connectivity index (χ0v) is 18.1. The van der Waals surface area contributed by atoms with Crippen molar-refractivity contribution < 1.29 is 18.1 Å². The van der Waals surface area contributed by atoms with E-state index in [0.717, 1.165) is 25.8 Å². The van der Waals surface area contributed by atoms with Crippen LogP contribution in [0, 0.1) is 0 Å². The van der Waals surface area contributed by atoms with Gasteiger partial charge in [0.2, 0.25) is 10.0 Å². The van der Waals surface area contributed by atoms with Gasteiger partial charge in [0.1, 0.15) is 0 Å². The summed E-state index contributed by atoms with van der Waals surface area (Å²) in [5, 5.41) is 3.17. The predicted octanol–water partition coefficient (Wildman–Crippen LogP) is 1.70. The Bertz CT molecular complexity index is 794. The number of nitrogens with one attached hydrogen (secondary N) is 2. The SMILES string of the molecule is C[C@H]1CCCC[NH+]1CCCNC(=O)c1cc(S(=O)(=O)N2CCCC2)ccc1Cl. The molecule has 8 heteroatoms. The first-order chi connectivity index (χ1) is 13.4. The van der Waals surface area contributed by atoms with Crippen molar-refractivity contribution in [1.82, 2.24) is 9.62 Å².